The van der Waals surface area contributed by atoms with E-state index in [1.165, 1.54) is 12.0 Å². The zero-order valence-corrected chi connectivity index (χ0v) is 9.51. The van der Waals surface area contributed by atoms with Gasteiger partial charge in [-0.25, -0.2) is 0 Å². The first-order valence-electron chi connectivity index (χ1n) is 5.25. The Kier molecular flexibility index (Phi) is 6.56. The molecule has 0 aliphatic carbocycles. The molecule has 1 nitrogen and oxygen atoms in total. The number of rotatable bonds is 6. The Morgan fingerprint density at radius 3 is 2.46 bits per heavy atom. The topological polar surface area (TPSA) is 12.4 Å². The van der Waals surface area contributed by atoms with Gasteiger partial charge in [0.15, 0.2) is 0 Å². The van der Waals surface area contributed by atoms with Crippen molar-refractivity contribution in [2.24, 2.45) is 16.8 Å². The Morgan fingerprint density at radius 2 is 2.08 bits per heavy atom. The summed E-state index contributed by atoms with van der Waals surface area (Å²) in [5.74, 6) is 1.35. The molecule has 1 heteroatoms. The highest BCUT2D eigenvalue weighted by molar-refractivity contribution is 5.57. The number of hydrogen-bond acceptors (Lipinski definition) is 1. The molecule has 2 atom stereocenters. The predicted octanol–water partition coefficient (Wildman–Crippen LogP) is 3.71. The van der Waals surface area contributed by atoms with Gasteiger partial charge in [0.25, 0.3) is 0 Å². The number of aliphatic imine (C=N–C) groups is 1. The number of hydrogen-bond donors (Lipinski definition) is 0. The van der Waals surface area contributed by atoms with Crippen LogP contribution in [0.2, 0.25) is 0 Å². The molecule has 0 amide bonds. The van der Waals surface area contributed by atoms with E-state index in [1.54, 1.807) is 0 Å². The number of allylic oxidation sites excluding steroid dienone is 1. The molecule has 0 aliphatic heterocycles. The summed E-state index contributed by atoms with van der Waals surface area (Å²) in [6, 6.07) is 0. The maximum absolute atomic E-state index is 4.11. The van der Waals surface area contributed by atoms with Crippen molar-refractivity contribution in [2.45, 2.75) is 40.0 Å². The Morgan fingerprint density at radius 1 is 1.46 bits per heavy atom. The summed E-state index contributed by atoms with van der Waals surface area (Å²) in [4.78, 5) is 4.04. The summed E-state index contributed by atoms with van der Waals surface area (Å²) in [5, 5.41) is 0. The third-order valence-corrected chi connectivity index (χ3v) is 2.92. The van der Waals surface area contributed by atoms with Gasteiger partial charge in [-0.15, -0.1) is 0 Å². The highest BCUT2D eigenvalue weighted by Crippen LogP contribution is 2.26. The Hall–Kier alpha value is -0.590. The van der Waals surface area contributed by atoms with E-state index in [4.69, 9.17) is 0 Å². The fraction of sp³-hybridized carbons (Fsp3) is 0.750. The van der Waals surface area contributed by atoms with Crippen LogP contribution in [0.15, 0.2) is 17.1 Å². The molecule has 0 bridgehead atoms. The van der Waals surface area contributed by atoms with E-state index in [-0.39, 0.29) is 0 Å². The molecule has 0 aromatic carbocycles. The summed E-state index contributed by atoms with van der Waals surface area (Å²) < 4.78 is 0. The first-order valence-corrected chi connectivity index (χ1v) is 5.25. The minimum Gasteiger partial charge on any atom is -0.301 e. The van der Waals surface area contributed by atoms with Crippen LogP contribution in [0.25, 0.3) is 0 Å². The predicted molar refractivity (Wildman–Crippen MR) is 61.4 cm³/mol. The van der Waals surface area contributed by atoms with Crippen molar-refractivity contribution in [1.29, 1.82) is 0 Å². The van der Waals surface area contributed by atoms with Gasteiger partial charge in [-0.05, 0) is 30.9 Å². The van der Waals surface area contributed by atoms with Gasteiger partial charge in [-0.2, -0.15) is 0 Å². The Bertz CT molecular complexity index is 170. The molecule has 2 unspecified atom stereocenters. The second kappa shape index (κ2) is 6.88. The standard InChI is InChI=1S/C12H23N/c1-6-10(3)11(4)12(7-2)8-9-13-5/h9,11-12H,3,6-8H2,1-2,4-5H3. The van der Waals surface area contributed by atoms with Gasteiger partial charge in [0.1, 0.15) is 0 Å². The lowest BCUT2D eigenvalue weighted by atomic mass is 9.83. The van der Waals surface area contributed by atoms with E-state index in [2.05, 4.69) is 32.3 Å². The average Bonchev–Trinajstić information content (AvgIpc) is 2.17. The zero-order chi connectivity index (χ0) is 10.3. The molecule has 0 aromatic heterocycles. The normalized spacial score (nSPS) is 16.0. The maximum Gasteiger partial charge on any atom is 0.0273 e. The van der Waals surface area contributed by atoms with E-state index in [0.29, 0.717) is 5.92 Å². The van der Waals surface area contributed by atoms with Crippen LogP contribution in [0, 0.1) is 11.8 Å². The van der Waals surface area contributed by atoms with E-state index in [0.717, 1.165) is 18.8 Å². The molecular weight excluding hydrogens is 158 g/mol. The van der Waals surface area contributed by atoms with Crippen LogP contribution in [0.3, 0.4) is 0 Å². The van der Waals surface area contributed by atoms with Gasteiger partial charge in [0, 0.05) is 7.05 Å². The fourth-order valence-corrected chi connectivity index (χ4v) is 1.62. The maximum atomic E-state index is 4.11. The van der Waals surface area contributed by atoms with E-state index in [1.807, 2.05) is 13.3 Å². The van der Waals surface area contributed by atoms with Crippen LogP contribution in [-0.2, 0) is 0 Å². The van der Waals surface area contributed by atoms with Gasteiger partial charge in [0.05, 0.1) is 0 Å². The summed E-state index contributed by atoms with van der Waals surface area (Å²) in [6.07, 6.45) is 5.42. The SMILES string of the molecule is C=C(CC)C(C)C(CC)CC=NC. The quantitative estimate of drug-likeness (QED) is 0.437. The summed E-state index contributed by atoms with van der Waals surface area (Å²) in [7, 11) is 1.84. The average molecular weight is 181 g/mol. The second-order valence-electron chi connectivity index (χ2n) is 3.65. The third-order valence-electron chi connectivity index (χ3n) is 2.92. The van der Waals surface area contributed by atoms with Crippen molar-refractivity contribution in [3.05, 3.63) is 12.2 Å². The molecule has 13 heavy (non-hydrogen) atoms. The Labute approximate surface area is 83.0 Å². The van der Waals surface area contributed by atoms with E-state index in [9.17, 15) is 0 Å². The third kappa shape index (κ3) is 4.25. The van der Waals surface area contributed by atoms with E-state index < -0.39 is 0 Å². The van der Waals surface area contributed by atoms with Crippen LogP contribution in [0.5, 0.6) is 0 Å². The molecular formula is C12H23N. The highest BCUT2D eigenvalue weighted by atomic mass is 14.6. The largest absolute Gasteiger partial charge is 0.301 e. The molecule has 76 valence electrons. The van der Waals surface area contributed by atoms with Crippen LogP contribution in [-0.4, -0.2) is 13.3 Å². The first-order chi connectivity index (χ1) is 6.17. The van der Waals surface area contributed by atoms with Crippen molar-refractivity contribution in [2.75, 3.05) is 7.05 Å². The molecule has 0 aromatic rings. The van der Waals surface area contributed by atoms with Crippen molar-refractivity contribution in [1.82, 2.24) is 0 Å². The minimum absolute atomic E-state index is 0.632. The fourth-order valence-electron chi connectivity index (χ4n) is 1.62. The smallest absolute Gasteiger partial charge is 0.0273 e. The van der Waals surface area contributed by atoms with Gasteiger partial charge in [-0.3, -0.25) is 0 Å². The molecule has 0 saturated heterocycles. The molecule has 0 aliphatic rings. The Balaban J connectivity index is 4.13. The van der Waals surface area contributed by atoms with Crippen molar-refractivity contribution >= 4 is 6.21 Å². The number of nitrogens with zero attached hydrogens (tertiary/aromatic N) is 1. The van der Waals surface area contributed by atoms with Crippen molar-refractivity contribution in [3.8, 4) is 0 Å². The van der Waals surface area contributed by atoms with E-state index >= 15 is 0 Å². The molecule has 0 saturated carbocycles. The van der Waals surface area contributed by atoms with Gasteiger partial charge in [-0.1, -0.05) is 39.3 Å². The van der Waals surface area contributed by atoms with Crippen LogP contribution in [0.1, 0.15) is 40.0 Å². The summed E-state index contributed by atoms with van der Waals surface area (Å²) >= 11 is 0. The molecule has 0 N–H and O–H groups in total. The van der Waals surface area contributed by atoms with Gasteiger partial charge >= 0.3 is 0 Å². The zero-order valence-electron chi connectivity index (χ0n) is 9.51. The first kappa shape index (κ1) is 12.4. The monoisotopic (exact) mass is 181 g/mol. The summed E-state index contributed by atoms with van der Waals surface area (Å²) in [6.45, 7) is 10.8. The van der Waals surface area contributed by atoms with Crippen LogP contribution >= 0.6 is 0 Å². The minimum atomic E-state index is 0.632. The van der Waals surface area contributed by atoms with Crippen LogP contribution < -0.4 is 0 Å². The highest BCUT2D eigenvalue weighted by Gasteiger charge is 2.15. The lowest BCUT2D eigenvalue weighted by Gasteiger charge is -2.22. The van der Waals surface area contributed by atoms with Crippen molar-refractivity contribution in [3.63, 3.8) is 0 Å². The lowest BCUT2D eigenvalue weighted by Crippen LogP contribution is -2.13. The molecule has 0 spiro atoms. The molecule has 0 fully saturated rings. The van der Waals surface area contributed by atoms with Crippen LogP contribution in [0.4, 0.5) is 0 Å². The molecule has 0 heterocycles. The molecule has 0 radical (unpaired) electrons. The summed E-state index contributed by atoms with van der Waals surface area (Å²) in [5.41, 5.74) is 1.37. The molecule has 0 rings (SSSR count). The second-order valence-corrected chi connectivity index (χ2v) is 3.65. The van der Waals surface area contributed by atoms with Gasteiger partial charge < -0.3 is 4.99 Å². The van der Waals surface area contributed by atoms with Crippen molar-refractivity contribution < 1.29 is 0 Å². The lowest BCUT2D eigenvalue weighted by molar-refractivity contribution is 0.401. The van der Waals surface area contributed by atoms with Gasteiger partial charge in [0.2, 0.25) is 0 Å².